The molecule has 0 bridgehead atoms. The zero-order valence-electron chi connectivity index (χ0n) is 10.4. The van der Waals surface area contributed by atoms with Crippen LogP contribution in [0.25, 0.3) is 0 Å². The van der Waals surface area contributed by atoms with Crippen molar-refractivity contribution in [1.29, 1.82) is 0 Å². The molecular weight excluding hydrogens is 234 g/mol. The zero-order valence-corrected chi connectivity index (χ0v) is 11.3. The van der Waals surface area contributed by atoms with Crippen molar-refractivity contribution in [1.82, 2.24) is 0 Å². The quantitative estimate of drug-likeness (QED) is 0.809. The van der Waals surface area contributed by atoms with Crippen LogP contribution in [0.15, 0.2) is 29.2 Å². The van der Waals surface area contributed by atoms with Crippen molar-refractivity contribution in [2.75, 3.05) is 0 Å². The van der Waals surface area contributed by atoms with Gasteiger partial charge in [0.05, 0.1) is 6.42 Å². The molecule has 0 radical (unpaired) electrons. The van der Waals surface area contributed by atoms with Crippen molar-refractivity contribution >= 4 is 17.7 Å². The fourth-order valence-corrected chi connectivity index (χ4v) is 2.65. The first-order valence-corrected chi connectivity index (χ1v) is 6.36. The van der Waals surface area contributed by atoms with Crippen LogP contribution in [0.5, 0.6) is 0 Å². The summed E-state index contributed by atoms with van der Waals surface area (Å²) in [6.45, 7) is 6.37. The number of carboxylic acids is 1. The molecule has 3 N–H and O–H groups in total. The second kappa shape index (κ2) is 5.56. The van der Waals surface area contributed by atoms with Gasteiger partial charge in [-0.2, -0.15) is 0 Å². The molecule has 1 unspecified atom stereocenters. The fourth-order valence-electron chi connectivity index (χ4n) is 1.51. The summed E-state index contributed by atoms with van der Waals surface area (Å²) in [5.41, 5.74) is 6.83. The second-order valence-electron chi connectivity index (χ2n) is 4.96. The summed E-state index contributed by atoms with van der Waals surface area (Å²) in [4.78, 5) is 11.8. The Morgan fingerprint density at radius 1 is 1.41 bits per heavy atom. The minimum atomic E-state index is -0.868. The van der Waals surface area contributed by atoms with Crippen LogP contribution in [0, 0.1) is 0 Å². The molecule has 1 rings (SSSR count). The third-order valence-corrected chi connectivity index (χ3v) is 3.33. The van der Waals surface area contributed by atoms with E-state index in [1.54, 1.807) is 11.8 Å². The van der Waals surface area contributed by atoms with Crippen molar-refractivity contribution in [2.24, 2.45) is 5.73 Å². The molecular formula is C13H19NO2S. The van der Waals surface area contributed by atoms with Gasteiger partial charge >= 0.3 is 5.97 Å². The lowest BCUT2D eigenvalue weighted by Crippen LogP contribution is -2.17. The summed E-state index contributed by atoms with van der Waals surface area (Å²) in [5, 5.41) is 8.78. The molecule has 0 heterocycles. The Morgan fingerprint density at radius 2 is 2.00 bits per heavy atom. The summed E-state index contributed by atoms with van der Waals surface area (Å²) in [6.07, 6.45) is -0.0400. The number of nitrogens with two attached hydrogens (primary N) is 1. The molecule has 1 aromatic rings. The molecule has 0 aromatic heterocycles. The zero-order chi connectivity index (χ0) is 13.1. The Labute approximate surface area is 106 Å². The first-order chi connectivity index (χ1) is 7.79. The number of rotatable bonds is 4. The molecule has 0 saturated heterocycles. The van der Waals surface area contributed by atoms with Gasteiger partial charge in [-0.05, 0) is 11.6 Å². The summed E-state index contributed by atoms with van der Waals surface area (Å²) in [7, 11) is 0. The molecule has 94 valence electrons. The van der Waals surface area contributed by atoms with E-state index in [9.17, 15) is 4.79 Å². The first-order valence-electron chi connectivity index (χ1n) is 5.55. The van der Waals surface area contributed by atoms with Gasteiger partial charge in [-0.3, -0.25) is 4.79 Å². The van der Waals surface area contributed by atoms with Crippen molar-refractivity contribution in [3.8, 4) is 0 Å². The average Bonchev–Trinajstić information content (AvgIpc) is 2.14. The van der Waals surface area contributed by atoms with Gasteiger partial charge in [0.2, 0.25) is 0 Å². The van der Waals surface area contributed by atoms with Crippen LogP contribution in [0.3, 0.4) is 0 Å². The highest BCUT2D eigenvalue weighted by Crippen LogP contribution is 2.36. The number of hydrogen-bond donors (Lipinski definition) is 2. The Morgan fingerprint density at radius 3 is 2.53 bits per heavy atom. The monoisotopic (exact) mass is 253 g/mol. The van der Waals surface area contributed by atoms with E-state index in [1.165, 1.54) is 0 Å². The predicted molar refractivity (Wildman–Crippen MR) is 71.2 cm³/mol. The molecule has 0 spiro atoms. The number of carboxylic acid groups (broad SMARTS) is 1. The van der Waals surface area contributed by atoms with Crippen molar-refractivity contribution < 1.29 is 9.90 Å². The molecule has 17 heavy (non-hydrogen) atoms. The highest BCUT2D eigenvalue weighted by molar-refractivity contribution is 8.00. The molecule has 3 nitrogen and oxygen atoms in total. The standard InChI is InChI=1S/C13H19NO2S/c1-13(2,3)17-11-7-5-4-6-9(11)10(14)8-12(15)16/h4-7,10H,8,14H2,1-3H3,(H,15,16). The highest BCUT2D eigenvalue weighted by atomic mass is 32.2. The van der Waals surface area contributed by atoms with E-state index in [4.69, 9.17) is 10.8 Å². The highest BCUT2D eigenvalue weighted by Gasteiger charge is 2.18. The van der Waals surface area contributed by atoms with Crippen LogP contribution >= 0.6 is 11.8 Å². The number of benzene rings is 1. The molecule has 0 fully saturated rings. The molecule has 0 saturated carbocycles. The Hall–Kier alpha value is -1.00. The molecule has 4 heteroatoms. The van der Waals surface area contributed by atoms with Gasteiger partial charge in [-0.25, -0.2) is 0 Å². The van der Waals surface area contributed by atoms with E-state index in [0.29, 0.717) is 0 Å². The van der Waals surface area contributed by atoms with E-state index in [-0.39, 0.29) is 11.2 Å². The third kappa shape index (κ3) is 4.79. The second-order valence-corrected chi connectivity index (χ2v) is 6.83. The topological polar surface area (TPSA) is 63.3 Å². The van der Waals surface area contributed by atoms with Gasteiger partial charge < -0.3 is 10.8 Å². The lowest BCUT2D eigenvalue weighted by Gasteiger charge is -2.21. The minimum Gasteiger partial charge on any atom is -0.481 e. The van der Waals surface area contributed by atoms with Crippen LogP contribution < -0.4 is 5.73 Å². The fraction of sp³-hybridized carbons (Fsp3) is 0.462. The Bertz CT molecular complexity index is 399. The first kappa shape index (κ1) is 14.1. The van der Waals surface area contributed by atoms with Gasteiger partial charge in [0.1, 0.15) is 0 Å². The predicted octanol–water partition coefficient (Wildman–Crippen LogP) is 3.05. The van der Waals surface area contributed by atoms with E-state index in [2.05, 4.69) is 20.8 Å². The largest absolute Gasteiger partial charge is 0.481 e. The number of carbonyl (C=O) groups is 1. The minimum absolute atomic E-state index is 0.0400. The summed E-state index contributed by atoms with van der Waals surface area (Å²) in [5.74, 6) is -0.868. The summed E-state index contributed by atoms with van der Waals surface area (Å²) in [6, 6.07) is 7.29. The van der Waals surface area contributed by atoms with Gasteiger partial charge in [-0.1, -0.05) is 39.0 Å². The maximum atomic E-state index is 10.7. The normalized spacial score (nSPS) is 13.4. The van der Waals surface area contributed by atoms with Crippen LogP contribution in [0.4, 0.5) is 0 Å². The lowest BCUT2D eigenvalue weighted by molar-refractivity contribution is -0.137. The van der Waals surface area contributed by atoms with E-state index < -0.39 is 12.0 Å². The average molecular weight is 253 g/mol. The van der Waals surface area contributed by atoms with Crippen LogP contribution in [0.2, 0.25) is 0 Å². The summed E-state index contributed by atoms with van der Waals surface area (Å²) >= 11 is 1.71. The summed E-state index contributed by atoms with van der Waals surface area (Å²) < 4.78 is 0.0824. The molecule has 0 aliphatic heterocycles. The smallest absolute Gasteiger partial charge is 0.305 e. The maximum absolute atomic E-state index is 10.7. The Kier molecular flexibility index (Phi) is 4.60. The van der Waals surface area contributed by atoms with Crippen molar-refractivity contribution in [2.45, 2.75) is 42.9 Å². The van der Waals surface area contributed by atoms with Crippen molar-refractivity contribution in [3.63, 3.8) is 0 Å². The van der Waals surface area contributed by atoms with Crippen LogP contribution in [-0.4, -0.2) is 15.8 Å². The van der Waals surface area contributed by atoms with Crippen LogP contribution in [-0.2, 0) is 4.79 Å². The van der Waals surface area contributed by atoms with Crippen molar-refractivity contribution in [3.05, 3.63) is 29.8 Å². The Balaban J connectivity index is 2.95. The molecule has 0 aliphatic rings. The van der Waals surface area contributed by atoms with E-state index >= 15 is 0 Å². The number of hydrogen-bond acceptors (Lipinski definition) is 3. The molecule has 0 amide bonds. The van der Waals surface area contributed by atoms with Gasteiger partial charge in [0, 0.05) is 15.7 Å². The maximum Gasteiger partial charge on any atom is 0.305 e. The number of aliphatic carboxylic acids is 1. The SMILES string of the molecule is CC(C)(C)Sc1ccccc1C(N)CC(=O)O. The van der Waals surface area contributed by atoms with Gasteiger partial charge in [0.15, 0.2) is 0 Å². The van der Waals surface area contributed by atoms with Gasteiger partial charge in [0.25, 0.3) is 0 Å². The van der Waals surface area contributed by atoms with Gasteiger partial charge in [-0.15, -0.1) is 11.8 Å². The number of thioether (sulfide) groups is 1. The van der Waals surface area contributed by atoms with E-state index in [0.717, 1.165) is 10.5 Å². The molecule has 1 aromatic carbocycles. The third-order valence-electron chi connectivity index (χ3n) is 2.13. The lowest BCUT2D eigenvalue weighted by atomic mass is 10.1. The molecule has 1 atom stereocenters. The van der Waals surface area contributed by atoms with E-state index in [1.807, 2.05) is 24.3 Å². The van der Waals surface area contributed by atoms with Crippen LogP contribution in [0.1, 0.15) is 38.8 Å². The molecule has 0 aliphatic carbocycles.